The van der Waals surface area contributed by atoms with Crippen molar-refractivity contribution in [1.29, 1.82) is 5.41 Å². The van der Waals surface area contributed by atoms with Crippen molar-refractivity contribution in [3.05, 3.63) is 47.2 Å². The highest BCUT2D eigenvalue weighted by Crippen LogP contribution is 2.24. The summed E-state index contributed by atoms with van der Waals surface area (Å²) in [6.07, 6.45) is 3.44. The summed E-state index contributed by atoms with van der Waals surface area (Å²) in [7, 11) is 1.63. The Morgan fingerprint density at radius 1 is 1.39 bits per heavy atom. The van der Waals surface area contributed by atoms with Gasteiger partial charge in [-0.2, -0.15) is 5.10 Å². The lowest BCUT2D eigenvalue weighted by Gasteiger charge is -2.23. The van der Waals surface area contributed by atoms with Gasteiger partial charge in [-0.05, 0) is 39.3 Å². The number of amides is 1. The monoisotopic (exact) mass is 429 g/mol. The molecule has 0 unspecified atom stereocenters. The molecule has 0 spiro atoms. The molecule has 0 saturated carbocycles. The van der Waals surface area contributed by atoms with E-state index in [1.807, 2.05) is 6.07 Å². The predicted octanol–water partition coefficient (Wildman–Crippen LogP) is 2.98. The Morgan fingerprint density at radius 3 is 2.77 bits per heavy atom. The molecule has 9 nitrogen and oxygen atoms in total. The minimum absolute atomic E-state index is 0.157. The molecule has 9 heteroatoms. The number of carbonyl (C=O) groups is 1. The number of oxazole rings is 1. The predicted molar refractivity (Wildman–Crippen MR) is 120 cm³/mol. The van der Waals surface area contributed by atoms with E-state index in [9.17, 15) is 9.90 Å². The number of nitrogens with one attached hydrogen (secondary N) is 2. The highest BCUT2D eigenvalue weighted by atomic mass is 16.5. The number of rotatable bonds is 12. The molecule has 1 aromatic carbocycles. The highest BCUT2D eigenvalue weighted by molar-refractivity contribution is 6.14. The third-order valence-electron chi connectivity index (χ3n) is 4.57. The van der Waals surface area contributed by atoms with Gasteiger partial charge in [0.1, 0.15) is 17.1 Å². The Bertz CT molecular complexity index is 902. The Balaban J connectivity index is 2.19. The Hall–Kier alpha value is -3.04. The molecule has 3 N–H and O–H groups in total. The van der Waals surface area contributed by atoms with Crippen molar-refractivity contribution in [3.63, 3.8) is 0 Å². The van der Waals surface area contributed by atoms with E-state index in [1.165, 1.54) is 6.21 Å². The first-order valence-corrected chi connectivity index (χ1v) is 10.1. The summed E-state index contributed by atoms with van der Waals surface area (Å²) in [5, 5.41) is 21.2. The molecule has 0 bridgehead atoms. The SMILES string of the molecule is COCCCN(CCc1nc(C(C)(C)O)c(C)o1)C(=O)c1ccccc1N/N=C\C=N. The minimum atomic E-state index is -1.10. The molecule has 0 atom stereocenters. The molecular formula is C22H31N5O4. The summed E-state index contributed by atoms with van der Waals surface area (Å²) >= 11 is 0. The number of hydrazone groups is 1. The fourth-order valence-electron chi connectivity index (χ4n) is 3.15. The van der Waals surface area contributed by atoms with Gasteiger partial charge in [-0.15, -0.1) is 0 Å². The van der Waals surface area contributed by atoms with Crippen molar-refractivity contribution in [2.24, 2.45) is 5.10 Å². The van der Waals surface area contributed by atoms with Crippen molar-refractivity contribution in [2.45, 2.75) is 39.2 Å². The van der Waals surface area contributed by atoms with Crippen LogP contribution in [0.2, 0.25) is 0 Å². The summed E-state index contributed by atoms with van der Waals surface area (Å²) in [5.74, 6) is 0.884. The second-order valence-corrected chi connectivity index (χ2v) is 7.56. The third-order valence-corrected chi connectivity index (χ3v) is 4.57. The first kappa shape index (κ1) is 24.2. The quantitative estimate of drug-likeness (QED) is 0.271. The van der Waals surface area contributed by atoms with Gasteiger partial charge in [0.2, 0.25) is 0 Å². The Morgan fingerprint density at radius 2 is 2.13 bits per heavy atom. The van der Waals surface area contributed by atoms with Gasteiger partial charge < -0.3 is 24.6 Å². The van der Waals surface area contributed by atoms with Gasteiger partial charge in [0, 0.05) is 39.4 Å². The van der Waals surface area contributed by atoms with E-state index in [4.69, 9.17) is 14.6 Å². The molecule has 2 aromatic rings. The number of aryl methyl sites for hydroxylation is 1. The van der Waals surface area contributed by atoms with Crippen LogP contribution in [0.3, 0.4) is 0 Å². The van der Waals surface area contributed by atoms with E-state index >= 15 is 0 Å². The third kappa shape index (κ3) is 7.01. The summed E-state index contributed by atoms with van der Waals surface area (Å²) in [6, 6.07) is 7.09. The molecule has 0 saturated heterocycles. The standard InChI is InChI=1S/C22H31N5O4/c1-16-20(22(2,3)29)25-19(31-16)10-14-27(13-7-15-30-4)21(28)17-8-5-6-9-18(17)26-24-12-11-23/h5-6,8-9,11-12,23,26,29H,7,10,13-15H2,1-4H3/b23-11?,24-12-. The first-order chi connectivity index (χ1) is 14.8. The number of benzene rings is 1. The average molecular weight is 430 g/mol. The van der Waals surface area contributed by atoms with E-state index in [-0.39, 0.29) is 5.91 Å². The van der Waals surface area contributed by atoms with Crippen molar-refractivity contribution in [3.8, 4) is 0 Å². The van der Waals surface area contributed by atoms with E-state index in [1.54, 1.807) is 51.0 Å². The fourth-order valence-corrected chi connectivity index (χ4v) is 3.15. The fraction of sp³-hybridized carbons (Fsp3) is 0.455. The molecule has 1 heterocycles. The normalized spacial score (nSPS) is 11.6. The zero-order valence-electron chi connectivity index (χ0n) is 18.5. The average Bonchev–Trinajstić information content (AvgIpc) is 3.12. The molecule has 0 aliphatic rings. The van der Waals surface area contributed by atoms with Gasteiger partial charge in [-0.25, -0.2) is 4.98 Å². The smallest absolute Gasteiger partial charge is 0.256 e. The second-order valence-electron chi connectivity index (χ2n) is 7.56. The van der Waals surface area contributed by atoms with Gasteiger partial charge in [-0.1, -0.05) is 12.1 Å². The van der Waals surface area contributed by atoms with E-state index in [0.29, 0.717) is 61.1 Å². The summed E-state index contributed by atoms with van der Waals surface area (Å²) in [6.45, 7) is 6.52. The van der Waals surface area contributed by atoms with Gasteiger partial charge in [-0.3, -0.25) is 10.2 Å². The molecule has 1 amide bonds. The molecule has 0 aliphatic heterocycles. The number of para-hydroxylation sites is 1. The number of aliphatic hydroxyl groups is 1. The lowest BCUT2D eigenvalue weighted by atomic mass is 10.0. The topological polar surface area (TPSA) is 124 Å². The Kier molecular flexibility index (Phi) is 8.89. The summed E-state index contributed by atoms with van der Waals surface area (Å²) in [4.78, 5) is 19.4. The van der Waals surface area contributed by atoms with Crippen LogP contribution in [0, 0.1) is 12.3 Å². The van der Waals surface area contributed by atoms with Crippen LogP contribution in [0.5, 0.6) is 0 Å². The number of ether oxygens (including phenoxy) is 1. The lowest BCUT2D eigenvalue weighted by Crippen LogP contribution is -2.34. The maximum Gasteiger partial charge on any atom is 0.256 e. The van der Waals surface area contributed by atoms with Crippen LogP contribution < -0.4 is 5.43 Å². The number of nitrogens with zero attached hydrogens (tertiary/aromatic N) is 3. The van der Waals surface area contributed by atoms with Gasteiger partial charge in [0.15, 0.2) is 5.89 Å². The maximum atomic E-state index is 13.3. The molecule has 1 aromatic heterocycles. The van der Waals surface area contributed by atoms with E-state index < -0.39 is 5.60 Å². The highest BCUT2D eigenvalue weighted by Gasteiger charge is 2.25. The minimum Gasteiger partial charge on any atom is -0.446 e. The van der Waals surface area contributed by atoms with Gasteiger partial charge in [0.25, 0.3) is 5.91 Å². The van der Waals surface area contributed by atoms with E-state index in [0.717, 1.165) is 6.21 Å². The number of carbonyl (C=O) groups excluding carboxylic acids is 1. The van der Waals surface area contributed by atoms with Crippen molar-refractivity contribution in [1.82, 2.24) is 9.88 Å². The van der Waals surface area contributed by atoms with Gasteiger partial charge >= 0.3 is 0 Å². The van der Waals surface area contributed by atoms with Crippen LogP contribution in [0.25, 0.3) is 0 Å². The molecule has 0 radical (unpaired) electrons. The van der Waals surface area contributed by atoms with Crippen LogP contribution >= 0.6 is 0 Å². The lowest BCUT2D eigenvalue weighted by molar-refractivity contribution is 0.0721. The molecule has 0 aliphatic carbocycles. The van der Waals surface area contributed by atoms with Crippen LogP contribution in [0.15, 0.2) is 33.8 Å². The molecular weight excluding hydrogens is 398 g/mol. The van der Waals surface area contributed by atoms with Crippen LogP contribution in [-0.4, -0.2) is 60.1 Å². The van der Waals surface area contributed by atoms with Gasteiger partial charge in [0.05, 0.1) is 17.5 Å². The number of hydrogen-bond acceptors (Lipinski definition) is 8. The van der Waals surface area contributed by atoms with Crippen molar-refractivity contribution >= 4 is 24.0 Å². The molecule has 168 valence electrons. The summed E-state index contributed by atoms with van der Waals surface area (Å²) < 4.78 is 10.8. The van der Waals surface area contributed by atoms with Crippen molar-refractivity contribution in [2.75, 3.05) is 32.2 Å². The molecule has 31 heavy (non-hydrogen) atoms. The number of aromatic nitrogens is 1. The maximum absolute atomic E-state index is 13.3. The largest absolute Gasteiger partial charge is 0.446 e. The van der Waals surface area contributed by atoms with Crippen molar-refractivity contribution < 1.29 is 19.1 Å². The number of anilines is 1. The Labute approximate surface area is 182 Å². The van der Waals surface area contributed by atoms with Crippen LogP contribution in [-0.2, 0) is 16.8 Å². The zero-order valence-corrected chi connectivity index (χ0v) is 18.5. The molecule has 2 rings (SSSR count). The van der Waals surface area contributed by atoms with Crippen LogP contribution in [0.4, 0.5) is 5.69 Å². The first-order valence-electron chi connectivity index (χ1n) is 10.1. The number of methoxy groups -OCH3 is 1. The zero-order chi connectivity index (χ0) is 22.9. The molecule has 0 fully saturated rings. The second kappa shape index (κ2) is 11.4. The summed E-state index contributed by atoms with van der Waals surface area (Å²) in [5.41, 5.74) is 3.24. The number of hydrogen-bond donors (Lipinski definition) is 3. The van der Waals surface area contributed by atoms with Crippen LogP contribution in [0.1, 0.15) is 48.0 Å². The van der Waals surface area contributed by atoms with E-state index in [2.05, 4.69) is 15.5 Å².